The Morgan fingerprint density at radius 2 is 1.62 bits per heavy atom. The summed E-state index contributed by atoms with van der Waals surface area (Å²) in [6.45, 7) is 2.18. The summed E-state index contributed by atoms with van der Waals surface area (Å²) in [5.41, 5.74) is 2.74. The van der Waals surface area contributed by atoms with Gasteiger partial charge >= 0.3 is 0 Å². The normalized spacial score (nSPS) is 19.2. The molecule has 1 nitrogen and oxygen atoms in total. The molecule has 1 aliphatic rings. The summed E-state index contributed by atoms with van der Waals surface area (Å²) in [6.07, 6.45) is 8.59. The van der Waals surface area contributed by atoms with Crippen LogP contribution in [0, 0.1) is 38.5 Å². The first-order chi connectivity index (χ1) is 7.70. The van der Waals surface area contributed by atoms with Gasteiger partial charge in [-0.1, -0.05) is 24.3 Å². The Morgan fingerprint density at radius 3 is 2.19 bits per heavy atom. The zero-order chi connectivity index (χ0) is 11.5. The molecule has 1 heteroatoms. The van der Waals surface area contributed by atoms with Gasteiger partial charge in [0.15, 0.2) is 0 Å². The Bertz CT molecular complexity index is 337. The van der Waals surface area contributed by atoms with Gasteiger partial charge in [-0.3, -0.25) is 0 Å². The first-order valence-corrected chi connectivity index (χ1v) is 5.63. The molecule has 1 aromatic carbocycles. The summed E-state index contributed by atoms with van der Waals surface area (Å²) in [7, 11) is 4.26. The van der Waals surface area contributed by atoms with Gasteiger partial charge in [0.1, 0.15) is 0 Å². The molecule has 83 valence electrons. The van der Waals surface area contributed by atoms with Crippen molar-refractivity contribution in [2.75, 3.05) is 14.1 Å². The van der Waals surface area contributed by atoms with E-state index in [1.807, 2.05) is 0 Å². The standard InChI is InChI=1S/C15H18N/c1-12-8-4-7-11-14(12)15(16(2)3)13-9-5-6-10-13/h4-11,15H,1-3H3/t15-/m1/s1. The largest absolute Gasteiger partial charge is 0.302 e. The fourth-order valence-electron chi connectivity index (χ4n) is 2.22. The molecule has 1 saturated carbocycles. The highest BCUT2D eigenvalue weighted by molar-refractivity contribution is 5.44. The van der Waals surface area contributed by atoms with Gasteiger partial charge in [0.25, 0.3) is 0 Å². The van der Waals surface area contributed by atoms with Crippen LogP contribution in [0.5, 0.6) is 0 Å². The first kappa shape index (κ1) is 11.7. The minimum atomic E-state index is 0.358. The van der Waals surface area contributed by atoms with Crippen molar-refractivity contribution in [2.45, 2.75) is 13.0 Å². The Kier molecular flexibility index (Phi) is 3.65. The van der Waals surface area contributed by atoms with E-state index in [0.717, 1.165) is 0 Å². The zero-order valence-corrected chi connectivity index (χ0v) is 10.1. The summed E-state index contributed by atoms with van der Waals surface area (Å²) in [4.78, 5) is 2.26. The summed E-state index contributed by atoms with van der Waals surface area (Å²) < 4.78 is 0. The van der Waals surface area contributed by atoms with Crippen molar-refractivity contribution in [3.05, 3.63) is 67.0 Å². The summed E-state index contributed by atoms with van der Waals surface area (Å²) in [5, 5.41) is 0. The molecule has 5 radical (unpaired) electrons. The summed E-state index contributed by atoms with van der Waals surface area (Å²) in [5.74, 6) is 1.36. The van der Waals surface area contributed by atoms with Crippen LogP contribution >= 0.6 is 0 Å². The molecule has 16 heavy (non-hydrogen) atoms. The third-order valence-corrected chi connectivity index (χ3v) is 3.00. The van der Waals surface area contributed by atoms with Crippen LogP contribution < -0.4 is 0 Å². The fourth-order valence-corrected chi connectivity index (χ4v) is 2.22. The summed E-state index contributed by atoms with van der Waals surface area (Å²) >= 11 is 0. The number of hydrogen-bond acceptors (Lipinski definition) is 1. The molecule has 0 N–H and O–H groups in total. The molecule has 0 unspecified atom stereocenters. The van der Waals surface area contributed by atoms with Gasteiger partial charge in [-0.05, 0) is 57.8 Å². The van der Waals surface area contributed by atoms with Gasteiger partial charge in [-0.25, -0.2) is 0 Å². The van der Waals surface area contributed by atoms with Crippen molar-refractivity contribution < 1.29 is 0 Å². The van der Waals surface area contributed by atoms with E-state index < -0.39 is 0 Å². The molecule has 0 aliphatic heterocycles. The van der Waals surface area contributed by atoms with Gasteiger partial charge in [0.05, 0.1) is 0 Å². The minimum Gasteiger partial charge on any atom is -0.302 e. The van der Waals surface area contributed by atoms with Crippen LogP contribution in [-0.2, 0) is 0 Å². The third kappa shape index (κ3) is 2.30. The highest BCUT2D eigenvalue weighted by Crippen LogP contribution is 2.38. The van der Waals surface area contributed by atoms with Gasteiger partial charge in [-0.2, -0.15) is 0 Å². The second-order valence-electron chi connectivity index (χ2n) is 4.44. The van der Waals surface area contributed by atoms with E-state index in [-0.39, 0.29) is 0 Å². The molecule has 0 saturated heterocycles. The first-order valence-electron chi connectivity index (χ1n) is 5.63. The molecule has 1 aliphatic carbocycles. The Morgan fingerprint density at radius 1 is 1.00 bits per heavy atom. The Balaban J connectivity index is 2.28. The lowest BCUT2D eigenvalue weighted by Gasteiger charge is -2.30. The SMILES string of the molecule is Cc1ccccc1[C@@H]([C]1[CH][CH][CH][CH]1)N(C)C. The van der Waals surface area contributed by atoms with Crippen molar-refractivity contribution in [1.82, 2.24) is 4.90 Å². The van der Waals surface area contributed by atoms with Crippen LogP contribution in [0.1, 0.15) is 17.2 Å². The molecular formula is C15H18N. The third-order valence-electron chi connectivity index (χ3n) is 3.00. The quantitative estimate of drug-likeness (QED) is 0.744. The molecule has 0 heterocycles. The van der Waals surface area contributed by atoms with Crippen LogP contribution in [0.25, 0.3) is 0 Å². The fraction of sp³-hybridized carbons (Fsp3) is 0.267. The minimum absolute atomic E-state index is 0.358. The number of benzene rings is 1. The topological polar surface area (TPSA) is 3.24 Å². The maximum atomic E-state index is 2.26. The summed E-state index contributed by atoms with van der Waals surface area (Å²) in [6, 6.07) is 8.95. The van der Waals surface area contributed by atoms with E-state index in [1.165, 1.54) is 17.0 Å². The van der Waals surface area contributed by atoms with Gasteiger partial charge < -0.3 is 4.90 Å². The van der Waals surface area contributed by atoms with Gasteiger partial charge in [0, 0.05) is 12.0 Å². The molecule has 0 aromatic heterocycles. The van der Waals surface area contributed by atoms with Crippen molar-refractivity contribution in [1.29, 1.82) is 0 Å². The van der Waals surface area contributed by atoms with Crippen LogP contribution in [0.3, 0.4) is 0 Å². The van der Waals surface area contributed by atoms with E-state index in [9.17, 15) is 0 Å². The lowest BCUT2D eigenvalue weighted by Crippen LogP contribution is -2.26. The van der Waals surface area contributed by atoms with E-state index >= 15 is 0 Å². The number of hydrogen-bond donors (Lipinski definition) is 0. The zero-order valence-electron chi connectivity index (χ0n) is 10.1. The van der Waals surface area contributed by atoms with E-state index in [2.05, 4.69) is 75.9 Å². The molecule has 1 aromatic rings. The number of aryl methyl sites for hydroxylation is 1. The maximum Gasteiger partial charge on any atom is 0.0412 e. The molecule has 1 atom stereocenters. The molecule has 1 fully saturated rings. The second kappa shape index (κ2) is 5.01. The van der Waals surface area contributed by atoms with Crippen LogP contribution in [0.4, 0.5) is 0 Å². The van der Waals surface area contributed by atoms with Gasteiger partial charge in [-0.15, -0.1) is 0 Å². The molecule has 2 rings (SSSR count). The van der Waals surface area contributed by atoms with E-state index in [0.29, 0.717) is 6.04 Å². The monoisotopic (exact) mass is 212 g/mol. The molecule has 0 bridgehead atoms. The predicted molar refractivity (Wildman–Crippen MR) is 68.1 cm³/mol. The van der Waals surface area contributed by atoms with Crippen molar-refractivity contribution in [3.8, 4) is 0 Å². The van der Waals surface area contributed by atoms with E-state index in [1.54, 1.807) is 0 Å². The highest BCUT2D eigenvalue weighted by Gasteiger charge is 2.29. The smallest absolute Gasteiger partial charge is 0.0412 e. The van der Waals surface area contributed by atoms with Crippen LogP contribution in [0.2, 0.25) is 0 Å². The van der Waals surface area contributed by atoms with Gasteiger partial charge in [0.2, 0.25) is 0 Å². The Labute approximate surface area is 99.5 Å². The number of rotatable bonds is 3. The average Bonchev–Trinajstić information content (AvgIpc) is 2.74. The predicted octanol–water partition coefficient (Wildman–Crippen LogP) is 3.00. The Hall–Kier alpha value is -0.820. The van der Waals surface area contributed by atoms with Crippen molar-refractivity contribution in [3.63, 3.8) is 0 Å². The molecular weight excluding hydrogens is 194 g/mol. The lowest BCUT2D eigenvalue weighted by molar-refractivity contribution is 0.320. The molecule has 0 amide bonds. The average molecular weight is 212 g/mol. The van der Waals surface area contributed by atoms with E-state index in [4.69, 9.17) is 0 Å². The van der Waals surface area contributed by atoms with Crippen LogP contribution in [-0.4, -0.2) is 19.0 Å². The highest BCUT2D eigenvalue weighted by atomic mass is 15.1. The van der Waals surface area contributed by atoms with Crippen LogP contribution in [0.15, 0.2) is 24.3 Å². The van der Waals surface area contributed by atoms with Crippen molar-refractivity contribution in [2.24, 2.45) is 0 Å². The second-order valence-corrected chi connectivity index (χ2v) is 4.44. The lowest BCUT2D eigenvalue weighted by atomic mass is 9.88. The molecule has 0 spiro atoms. The maximum absolute atomic E-state index is 2.26. The van der Waals surface area contributed by atoms with Crippen molar-refractivity contribution >= 4 is 0 Å². The number of nitrogens with zero attached hydrogens (tertiary/aromatic N) is 1.